The Bertz CT molecular complexity index is 429. The maximum atomic E-state index is 8.78. The van der Waals surface area contributed by atoms with Gasteiger partial charge >= 0.3 is 7.48 Å². The minimum atomic E-state index is 0.433. The van der Waals surface area contributed by atoms with Crippen LogP contribution in [0.3, 0.4) is 0 Å². The molecule has 2 aromatic heterocycles. The van der Waals surface area contributed by atoms with Crippen LogP contribution < -0.4 is 10.3 Å². The molecule has 0 atom stereocenters. The van der Waals surface area contributed by atoms with Crippen LogP contribution in [0.25, 0.3) is 5.65 Å². The molecule has 0 aliphatic rings. The van der Waals surface area contributed by atoms with E-state index in [0.717, 1.165) is 7.48 Å². The number of ether oxygens (including phenoxy) is 1. The molecule has 2 aromatic rings. The first-order chi connectivity index (χ1) is 6.35. The van der Waals surface area contributed by atoms with Gasteiger partial charge in [-0.15, -0.1) is 0 Å². The van der Waals surface area contributed by atoms with Crippen molar-refractivity contribution in [1.29, 1.82) is 0 Å². The minimum absolute atomic E-state index is 0.433. The van der Waals surface area contributed by atoms with Crippen molar-refractivity contribution < 1.29 is 9.76 Å². The van der Waals surface area contributed by atoms with Gasteiger partial charge in [0, 0.05) is 18.5 Å². The van der Waals surface area contributed by atoms with Crippen LogP contribution in [-0.4, -0.2) is 34.2 Å². The Kier molecular flexibility index (Phi) is 1.90. The van der Waals surface area contributed by atoms with E-state index in [1.165, 1.54) is 0 Å². The molecule has 1 radical (unpaired) electrons. The summed E-state index contributed by atoms with van der Waals surface area (Å²) in [6, 6.07) is 1.61. The molecule has 0 saturated heterocycles. The first-order valence-electron chi connectivity index (χ1n) is 3.71. The van der Waals surface area contributed by atoms with Gasteiger partial charge in [0.05, 0.1) is 12.7 Å². The molecule has 0 unspecified atom stereocenters. The molecule has 0 amide bonds. The standard InChI is InChI=1S/C7H7BN3O2/c1-13-5-4-6(8-12)10-11-3-2-9-7(5)11/h2-4,12H,1H3. The van der Waals surface area contributed by atoms with E-state index in [2.05, 4.69) is 10.1 Å². The van der Waals surface area contributed by atoms with Crippen molar-refractivity contribution in [2.24, 2.45) is 0 Å². The number of imidazole rings is 1. The van der Waals surface area contributed by atoms with E-state index >= 15 is 0 Å². The van der Waals surface area contributed by atoms with Crippen LogP contribution in [0, 0.1) is 0 Å². The van der Waals surface area contributed by atoms with Gasteiger partial charge in [-0.3, -0.25) is 0 Å². The highest BCUT2D eigenvalue weighted by Crippen LogP contribution is 2.13. The summed E-state index contributed by atoms with van der Waals surface area (Å²) < 4.78 is 6.62. The van der Waals surface area contributed by atoms with E-state index in [0.29, 0.717) is 17.0 Å². The summed E-state index contributed by atoms with van der Waals surface area (Å²) in [5.41, 5.74) is 1.07. The number of methoxy groups -OCH3 is 1. The quantitative estimate of drug-likeness (QED) is 0.594. The highest BCUT2D eigenvalue weighted by atomic mass is 16.5. The summed E-state index contributed by atoms with van der Waals surface area (Å²) in [5.74, 6) is 0.584. The maximum Gasteiger partial charge on any atom is 0.351 e. The number of aromatic nitrogens is 3. The molecule has 0 fully saturated rings. The molecule has 0 aromatic carbocycles. The van der Waals surface area contributed by atoms with Crippen LogP contribution in [0.4, 0.5) is 0 Å². The van der Waals surface area contributed by atoms with Crippen LogP contribution in [0.15, 0.2) is 18.5 Å². The number of hydrogen-bond acceptors (Lipinski definition) is 4. The SMILES string of the molecule is COc1cc([B]O)nn2ccnc12. The molecule has 0 aliphatic heterocycles. The first-order valence-corrected chi connectivity index (χ1v) is 3.71. The van der Waals surface area contributed by atoms with Crippen LogP contribution >= 0.6 is 0 Å². The fourth-order valence-electron chi connectivity index (χ4n) is 1.12. The number of rotatable bonds is 2. The Morgan fingerprint density at radius 2 is 2.46 bits per heavy atom. The third-order valence-electron chi connectivity index (χ3n) is 1.70. The highest BCUT2D eigenvalue weighted by molar-refractivity contribution is 6.44. The Morgan fingerprint density at radius 3 is 3.15 bits per heavy atom. The lowest BCUT2D eigenvalue weighted by Gasteiger charge is -2.02. The molecule has 0 spiro atoms. The van der Waals surface area contributed by atoms with Crippen molar-refractivity contribution in [1.82, 2.24) is 14.6 Å². The predicted molar refractivity (Wildman–Crippen MR) is 47.1 cm³/mol. The smallest absolute Gasteiger partial charge is 0.351 e. The average Bonchev–Trinajstić information content (AvgIpc) is 2.63. The molecule has 13 heavy (non-hydrogen) atoms. The Labute approximate surface area is 75.3 Å². The Balaban J connectivity index is 2.70. The van der Waals surface area contributed by atoms with E-state index in [1.807, 2.05) is 0 Å². The first kappa shape index (κ1) is 8.06. The molecule has 65 valence electrons. The van der Waals surface area contributed by atoms with Crippen LogP contribution in [-0.2, 0) is 0 Å². The summed E-state index contributed by atoms with van der Waals surface area (Å²) in [5, 5.41) is 12.8. The molecular formula is C7H7BN3O2. The summed E-state index contributed by atoms with van der Waals surface area (Å²) >= 11 is 0. The zero-order chi connectivity index (χ0) is 9.26. The monoisotopic (exact) mass is 176 g/mol. The lowest BCUT2D eigenvalue weighted by molar-refractivity contribution is 0.416. The second-order valence-corrected chi connectivity index (χ2v) is 2.46. The Morgan fingerprint density at radius 1 is 1.62 bits per heavy atom. The van der Waals surface area contributed by atoms with E-state index in [1.54, 1.807) is 30.1 Å². The molecule has 2 heterocycles. The summed E-state index contributed by atoms with van der Waals surface area (Å²) in [7, 11) is 2.47. The van der Waals surface area contributed by atoms with Crippen LogP contribution in [0.5, 0.6) is 5.75 Å². The van der Waals surface area contributed by atoms with Crippen LogP contribution in [0.1, 0.15) is 0 Å². The van der Waals surface area contributed by atoms with Gasteiger partial charge in [-0.05, 0) is 0 Å². The number of hydrogen-bond donors (Lipinski definition) is 1. The van der Waals surface area contributed by atoms with Gasteiger partial charge in [-0.25, -0.2) is 9.50 Å². The summed E-state index contributed by atoms with van der Waals surface area (Å²) in [6.07, 6.45) is 3.30. The van der Waals surface area contributed by atoms with Crippen molar-refractivity contribution in [2.75, 3.05) is 7.11 Å². The Hall–Kier alpha value is -1.56. The molecule has 0 aliphatic carbocycles. The van der Waals surface area contributed by atoms with Crippen molar-refractivity contribution in [2.45, 2.75) is 0 Å². The summed E-state index contributed by atoms with van der Waals surface area (Å²) in [6.45, 7) is 0. The van der Waals surface area contributed by atoms with Crippen molar-refractivity contribution >= 4 is 18.7 Å². The molecule has 0 bridgehead atoms. The van der Waals surface area contributed by atoms with Gasteiger partial charge in [0.1, 0.15) is 0 Å². The van der Waals surface area contributed by atoms with Gasteiger partial charge in [-0.1, -0.05) is 0 Å². The molecule has 0 saturated carbocycles. The third kappa shape index (κ3) is 1.25. The van der Waals surface area contributed by atoms with Crippen molar-refractivity contribution in [3.63, 3.8) is 0 Å². The molecule has 6 heteroatoms. The molecule has 5 nitrogen and oxygen atoms in total. The topological polar surface area (TPSA) is 59.7 Å². The van der Waals surface area contributed by atoms with Crippen molar-refractivity contribution in [3.8, 4) is 5.75 Å². The van der Waals surface area contributed by atoms with E-state index in [9.17, 15) is 0 Å². The normalized spacial score (nSPS) is 10.3. The van der Waals surface area contributed by atoms with Crippen LogP contribution in [0.2, 0.25) is 0 Å². The largest absolute Gasteiger partial charge is 0.493 e. The van der Waals surface area contributed by atoms with E-state index in [-0.39, 0.29) is 0 Å². The van der Waals surface area contributed by atoms with Gasteiger partial charge in [-0.2, -0.15) is 5.10 Å². The zero-order valence-corrected chi connectivity index (χ0v) is 7.01. The maximum absolute atomic E-state index is 8.78. The lowest BCUT2D eigenvalue weighted by Crippen LogP contribution is -2.21. The highest BCUT2D eigenvalue weighted by Gasteiger charge is 2.06. The van der Waals surface area contributed by atoms with Gasteiger partial charge in [0.15, 0.2) is 11.4 Å². The second-order valence-electron chi connectivity index (χ2n) is 2.46. The summed E-state index contributed by atoms with van der Waals surface area (Å²) in [4.78, 5) is 4.04. The van der Waals surface area contributed by atoms with E-state index in [4.69, 9.17) is 9.76 Å². The number of nitrogens with zero attached hydrogens (tertiary/aromatic N) is 3. The predicted octanol–water partition coefficient (Wildman–Crippen LogP) is -1.03. The average molecular weight is 176 g/mol. The minimum Gasteiger partial charge on any atom is -0.493 e. The van der Waals surface area contributed by atoms with Gasteiger partial charge < -0.3 is 9.76 Å². The molecular weight excluding hydrogens is 169 g/mol. The van der Waals surface area contributed by atoms with Gasteiger partial charge in [0.2, 0.25) is 0 Å². The fourth-order valence-corrected chi connectivity index (χ4v) is 1.12. The lowest BCUT2D eigenvalue weighted by atomic mass is 9.96. The molecule has 1 N–H and O–H groups in total. The second kappa shape index (κ2) is 3.06. The zero-order valence-electron chi connectivity index (χ0n) is 7.01. The fraction of sp³-hybridized carbons (Fsp3) is 0.143. The van der Waals surface area contributed by atoms with Crippen molar-refractivity contribution in [3.05, 3.63) is 18.5 Å². The molecule has 2 rings (SSSR count). The third-order valence-corrected chi connectivity index (χ3v) is 1.70. The number of fused-ring (bicyclic) bond motifs is 1. The van der Waals surface area contributed by atoms with Gasteiger partial charge in [0.25, 0.3) is 0 Å². The van der Waals surface area contributed by atoms with E-state index < -0.39 is 0 Å².